The number of hydrogen-bond donors (Lipinski definition) is 0. The minimum absolute atomic E-state index is 0.134. The van der Waals surface area contributed by atoms with Crippen LogP contribution in [0.4, 0.5) is 13.2 Å². The van der Waals surface area contributed by atoms with Gasteiger partial charge in [0.25, 0.3) is 0 Å². The molecule has 0 nitrogen and oxygen atoms in total. The van der Waals surface area contributed by atoms with Crippen LogP contribution >= 0.6 is 0 Å². The van der Waals surface area contributed by atoms with Crippen molar-refractivity contribution >= 4 is 7.85 Å². The molecule has 0 heterocycles. The summed E-state index contributed by atoms with van der Waals surface area (Å²) in [5.41, 5.74) is -0.514. The highest BCUT2D eigenvalue weighted by Gasteiger charge is 2.33. The Kier molecular flexibility index (Phi) is 2.69. The lowest BCUT2D eigenvalue weighted by Gasteiger charge is -2.14. The third-order valence-electron chi connectivity index (χ3n) is 1.76. The normalized spacial score (nSPS) is 14.2. The summed E-state index contributed by atoms with van der Waals surface area (Å²) in [6.45, 7) is 1.53. The van der Waals surface area contributed by atoms with Crippen LogP contribution in [0.2, 0.25) is 0 Å². The molecular formula is C9H8BF3. The molecule has 0 fully saturated rings. The first kappa shape index (κ1) is 10.2. The van der Waals surface area contributed by atoms with Gasteiger partial charge in [0.05, 0.1) is 13.4 Å². The van der Waals surface area contributed by atoms with E-state index >= 15 is 0 Å². The van der Waals surface area contributed by atoms with Gasteiger partial charge in [0.1, 0.15) is 0 Å². The van der Waals surface area contributed by atoms with Crippen molar-refractivity contribution in [1.82, 2.24) is 0 Å². The van der Waals surface area contributed by atoms with Gasteiger partial charge in [-0.2, -0.15) is 13.2 Å². The van der Waals surface area contributed by atoms with Crippen molar-refractivity contribution in [1.29, 1.82) is 0 Å². The zero-order chi connectivity index (χ0) is 10.1. The van der Waals surface area contributed by atoms with Crippen LogP contribution in [-0.4, -0.2) is 7.85 Å². The molecule has 0 aliphatic heterocycles. The van der Waals surface area contributed by atoms with E-state index in [0.717, 1.165) is 6.07 Å². The summed E-state index contributed by atoms with van der Waals surface area (Å²) in [6, 6.07) is 5.34. The molecule has 4 heteroatoms. The topological polar surface area (TPSA) is 0 Å². The van der Waals surface area contributed by atoms with E-state index in [1.165, 1.54) is 19.1 Å². The Bertz CT molecular complexity index is 291. The van der Waals surface area contributed by atoms with Crippen LogP contribution in [0, 0.1) is 0 Å². The highest BCUT2D eigenvalue weighted by molar-refractivity contribution is 6.12. The smallest absolute Gasteiger partial charge is 0.166 e. The fraction of sp³-hybridized carbons (Fsp3) is 0.333. The van der Waals surface area contributed by atoms with Gasteiger partial charge in [-0.1, -0.05) is 30.9 Å². The Labute approximate surface area is 76.2 Å². The quantitative estimate of drug-likeness (QED) is 0.588. The number of benzene rings is 1. The molecule has 1 unspecified atom stereocenters. The second-order valence-corrected chi connectivity index (χ2v) is 2.87. The maximum Gasteiger partial charge on any atom is 0.416 e. The highest BCUT2D eigenvalue weighted by Crippen LogP contribution is 2.33. The van der Waals surface area contributed by atoms with Gasteiger partial charge in [-0.3, -0.25) is 0 Å². The van der Waals surface area contributed by atoms with E-state index in [0.29, 0.717) is 0 Å². The predicted octanol–water partition coefficient (Wildman–Crippen LogP) is 2.93. The molecule has 0 N–H and O–H groups in total. The van der Waals surface area contributed by atoms with Gasteiger partial charge < -0.3 is 0 Å². The predicted molar refractivity (Wildman–Crippen MR) is 45.6 cm³/mol. The highest BCUT2D eigenvalue weighted by atomic mass is 19.4. The summed E-state index contributed by atoms with van der Waals surface area (Å²) >= 11 is 0. The van der Waals surface area contributed by atoms with E-state index in [1.807, 2.05) is 0 Å². The number of alkyl halides is 3. The molecule has 2 radical (unpaired) electrons. The molecule has 0 aliphatic rings. The van der Waals surface area contributed by atoms with E-state index < -0.39 is 17.6 Å². The van der Waals surface area contributed by atoms with Gasteiger partial charge in [-0.05, 0) is 11.6 Å². The van der Waals surface area contributed by atoms with Gasteiger partial charge in [0, 0.05) is 0 Å². The SMILES string of the molecule is [B]C(C)c1ccccc1C(F)(F)F. The summed E-state index contributed by atoms with van der Waals surface area (Å²) in [5.74, 6) is -0.599. The summed E-state index contributed by atoms with van der Waals surface area (Å²) in [5, 5.41) is 0. The molecule has 0 aliphatic carbocycles. The first-order chi connectivity index (χ1) is 5.93. The lowest BCUT2D eigenvalue weighted by atomic mass is 9.80. The molecule has 1 aromatic carbocycles. The summed E-state index contributed by atoms with van der Waals surface area (Å²) < 4.78 is 37.1. The Morgan fingerprint density at radius 3 is 2.15 bits per heavy atom. The maximum atomic E-state index is 12.4. The second-order valence-electron chi connectivity index (χ2n) is 2.87. The van der Waals surface area contributed by atoms with Gasteiger partial charge in [0.15, 0.2) is 0 Å². The number of rotatable bonds is 1. The van der Waals surface area contributed by atoms with Crippen molar-refractivity contribution in [2.45, 2.75) is 18.9 Å². The fourth-order valence-electron chi connectivity index (χ4n) is 1.15. The lowest BCUT2D eigenvalue weighted by Crippen LogP contribution is -2.10. The van der Waals surface area contributed by atoms with E-state index in [-0.39, 0.29) is 5.56 Å². The number of halogens is 3. The molecule has 13 heavy (non-hydrogen) atoms. The van der Waals surface area contributed by atoms with Gasteiger partial charge >= 0.3 is 6.18 Å². The standard InChI is InChI=1S/C9H8BF3/c1-6(10)7-4-2-3-5-8(7)9(11,12)13/h2-6H,1H3. The second kappa shape index (κ2) is 3.44. The van der Waals surface area contributed by atoms with E-state index in [2.05, 4.69) is 0 Å². The lowest BCUT2D eigenvalue weighted by molar-refractivity contribution is -0.138. The van der Waals surface area contributed by atoms with E-state index in [4.69, 9.17) is 7.85 Å². The Balaban J connectivity index is 3.20. The van der Waals surface area contributed by atoms with Crippen LogP contribution in [0.5, 0.6) is 0 Å². The minimum Gasteiger partial charge on any atom is -0.166 e. The molecule has 1 atom stereocenters. The molecule has 1 rings (SSSR count). The first-order valence-electron chi connectivity index (χ1n) is 3.84. The van der Waals surface area contributed by atoms with Crippen molar-refractivity contribution in [2.75, 3.05) is 0 Å². The average molecular weight is 184 g/mol. The first-order valence-corrected chi connectivity index (χ1v) is 3.84. The third kappa shape index (κ3) is 2.26. The fourth-order valence-corrected chi connectivity index (χ4v) is 1.15. The van der Waals surface area contributed by atoms with Crippen molar-refractivity contribution < 1.29 is 13.2 Å². The monoisotopic (exact) mass is 184 g/mol. The third-order valence-corrected chi connectivity index (χ3v) is 1.76. The minimum atomic E-state index is -4.32. The largest absolute Gasteiger partial charge is 0.416 e. The van der Waals surface area contributed by atoms with Crippen LogP contribution in [0.1, 0.15) is 23.9 Å². The maximum absolute atomic E-state index is 12.4. The van der Waals surface area contributed by atoms with Crippen LogP contribution in [0.15, 0.2) is 24.3 Å². The Morgan fingerprint density at radius 1 is 1.23 bits per heavy atom. The van der Waals surface area contributed by atoms with Crippen LogP contribution in [0.3, 0.4) is 0 Å². The average Bonchev–Trinajstić information content (AvgIpc) is 2.03. The van der Waals surface area contributed by atoms with Crippen molar-refractivity contribution in [3.8, 4) is 0 Å². The Morgan fingerprint density at radius 2 is 1.77 bits per heavy atom. The number of hydrogen-bond acceptors (Lipinski definition) is 0. The molecule has 0 amide bonds. The van der Waals surface area contributed by atoms with Crippen molar-refractivity contribution in [3.63, 3.8) is 0 Å². The molecule has 0 bridgehead atoms. The zero-order valence-corrected chi connectivity index (χ0v) is 7.10. The van der Waals surface area contributed by atoms with Gasteiger partial charge in [0.2, 0.25) is 0 Å². The van der Waals surface area contributed by atoms with E-state index in [1.54, 1.807) is 6.07 Å². The summed E-state index contributed by atoms with van der Waals surface area (Å²) in [6.07, 6.45) is -4.32. The van der Waals surface area contributed by atoms with Crippen molar-refractivity contribution in [2.24, 2.45) is 0 Å². The molecular weight excluding hydrogens is 176 g/mol. The summed E-state index contributed by atoms with van der Waals surface area (Å²) in [4.78, 5) is 0. The molecule has 1 aromatic rings. The zero-order valence-electron chi connectivity index (χ0n) is 7.10. The van der Waals surface area contributed by atoms with Gasteiger partial charge in [-0.15, -0.1) is 0 Å². The van der Waals surface area contributed by atoms with Gasteiger partial charge in [-0.25, -0.2) is 0 Å². The molecule has 0 spiro atoms. The van der Waals surface area contributed by atoms with E-state index in [9.17, 15) is 13.2 Å². The summed E-state index contributed by atoms with van der Waals surface area (Å²) in [7, 11) is 5.41. The molecule has 0 saturated heterocycles. The molecule has 0 saturated carbocycles. The molecule has 0 aromatic heterocycles. The Hall–Kier alpha value is -0.925. The van der Waals surface area contributed by atoms with Crippen LogP contribution < -0.4 is 0 Å². The molecule has 68 valence electrons. The van der Waals surface area contributed by atoms with Crippen LogP contribution in [0.25, 0.3) is 0 Å². The van der Waals surface area contributed by atoms with Crippen LogP contribution in [-0.2, 0) is 6.18 Å². The van der Waals surface area contributed by atoms with Crippen molar-refractivity contribution in [3.05, 3.63) is 35.4 Å².